The Kier molecular flexibility index (Phi) is 5.89. The monoisotopic (exact) mass is 366 g/mol. The van der Waals surface area contributed by atoms with E-state index in [-0.39, 0.29) is 16.6 Å². The molecule has 0 radical (unpaired) electrons. The number of halogens is 1. The van der Waals surface area contributed by atoms with E-state index in [1.54, 1.807) is 32.2 Å². The predicted molar refractivity (Wildman–Crippen MR) is 92.9 cm³/mol. The number of carbonyl (C=O) groups is 1. The first-order valence-corrected chi connectivity index (χ1v) is 9.22. The van der Waals surface area contributed by atoms with E-state index in [0.29, 0.717) is 17.8 Å². The Hall–Kier alpha value is -2.29. The SMILES string of the molecule is C[C@@H](C(=O)Nc1ccc(S(N)(=O)=O)cc1)[NH+](C)Cc1ccccc1F. The molecule has 6 nitrogen and oxygen atoms in total. The standard InChI is InChI=1S/C17H20FN3O3S/c1-12(21(2)11-13-5-3-4-6-16(13)18)17(22)20-14-7-9-15(10-8-14)25(19,23)24/h3-10,12H,11H2,1-2H3,(H,20,22)(H2,19,23,24)/p+1/t12-/m0/s1. The van der Waals surface area contributed by atoms with E-state index < -0.39 is 16.1 Å². The van der Waals surface area contributed by atoms with Crippen molar-refractivity contribution in [3.8, 4) is 0 Å². The lowest BCUT2D eigenvalue weighted by molar-refractivity contribution is -0.908. The van der Waals surface area contributed by atoms with Crippen LogP contribution < -0.4 is 15.4 Å². The van der Waals surface area contributed by atoms with Crippen molar-refractivity contribution in [1.29, 1.82) is 0 Å². The minimum atomic E-state index is -3.77. The highest BCUT2D eigenvalue weighted by Crippen LogP contribution is 2.12. The molecule has 0 aliphatic rings. The fourth-order valence-electron chi connectivity index (χ4n) is 2.30. The third-order valence-electron chi connectivity index (χ3n) is 4.01. The molecule has 0 aliphatic carbocycles. The molecule has 4 N–H and O–H groups in total. The summed E-state index contributed by atoms with van der Waals surface area (Å²) in [6.45, 7) is 2.11. The fourth-order valence-corrected chi connectivity index (χ4v) is 2.81. The van der Waals surface area contributed by atoms with Crippen LogP contribution in [-0.4, -0.2) is 27.4 Å². The zero-order valence-electron chi connectivity index (χ0n) is 14.0. The first-order chi connectivity index (χ1) is 11.7. The Morgan fingerprint density at radius 2 is 1.80 bits per heavy atom. The maximum absolute atomic E-state index is 13.7. The van der Waals surface area contributed by atoms with Gasteiger partial charge in [0, 0.05) is 11.3 Å². The number of hydrogen-bond acceptors (Lipinski definition) is 3. The number of likely N-dealkylation sites (N-methyl/N-ethyl adjacent to an activating group) is 1. The van der Waals surface area contributed by atoms with E-state index >= 15 is 0 Å². The summed E-state index contributed by atoms with van der Waals surface area (Å²) in [7, 11) is -1.96. The molecule has 2 rings (SSSR count). The second-order valence-corrected chi connectivity index (χ2v) is 7.46. The number of quaternary nitrogens is 1. The molecule has 2 aromatic rings. The summed E-state index contributed by atoms with van der Waals surface area (Å²) >= 11 is 0. The van der Waals surface area contributed by atoms with Crippen LogP contribution in [0.3, 0.4) is 0 Å². The Balaban J connectivity index is 2.01. The average molecular weight is 366 g/mol. The van der Waals surface area contributed by atoms with Gasteiger partial charge >= 0.3 is 0 Å². The zero-order valence-corrected chi connectivity index (χ0v) is 14.8. The van der Waals surface area contributed by atoms with Crippen LogP contribution in [0, 0.1) is 5.82 Å². The van der Waals surface area contributed by atoms with Crippen LogP contribution in [0.1, 0.15) is 12.5 Å². The molecule has 0 spiro atoms. The Labute approximate surface area is 146 Å². The number of primary sulfonamides is 1. The second kappa shape index (κ2) is 7.73. The van der Waals surface area contributed by atoms with E-state index in [1.807, 2.05) is 0 Å². The minimum Gasteiger partial charge on any atom is -0.324 e. The highest BCUT2D eigenvalue weighted by Gasteiger charge is 2.23. The molecular formula is C17H21FN3O3S+. The summed E-state index contributed by atoms with van der Waals surface area (Å²) in [5.74, 6) is -0.551. The molecule has 0 saturated heterocycles. The summed E-state index contributed by atoms with van der Waals surface area (Å²) in [4.78, 5) is 13.1. The molecule has 2 aromatic carbocycles. The molecule has 2 atom stereocenters. The van der Waals surface area contributed by atoms with Gasteiger partial charge in [0.25, 0.3) is 5.91 Å². The van der Waals surface area contributed by atoms with Crippen molar-refractivity contribution in [1.82, 2.24) is 0 Å². The normalized spacial score (nSPS) is 13.9. The van der Waals surface area contributed by atoms with Gasteiger partial charge in [-0.1, -0.05) is 18.2 Å². The van der Waals surface area contributed by atoms with Crippen LogP contribution >= 0.6 is 0 Å². The molecular weight excluding hydrogens is 345 g/mol. The first kappa shape index (κ1) is 19.0. The van der Waals surface area contributed by atoms with Gasteiger partial charge in [0.15, 0.2) is 6.04 Å². The maximum atomic E-state index is 13.7. The van der Waals surface area contributed by atoms with Crippen molar-refractivity contribution in [3.05, 3.63) is 59.9 Å². The number of hydrogen-bond donors (Lipinski definition) is 3. The van der Waals surface area contributed by atoms with Gasteiger partial charge in [0.1, 0.15) is 12.4 Å². The molecule has 0 saturated carbocycles. The number of benzene rings is 2. The topological polar surface area (TPSA) is 93.7 Å². The molecule has 0 fully saturated rings. The number of carbonyl (C=O) groups excluding carboxylic acids is 1. The molecule has 8 heteroatoms. The van der Waals surface area contributed by atoms with Crippen molar-refractivity contribution >= 4 is 21.6 Å². The smallest absolute Gasteiger partial charge is 0.282 e. The van der Waals surface area contributed by atoms with Gasteiger partial charge in [0.05, 0.1) is 11.9 Å². The summed E-state index contributed by atoms with van der Waals surface area (Å²) in [6.07, 6.45) is 0. The highest BCUT2D eigenvalue weighted by molar-refractivity contribution is 7.89. The summed E-state index contributed by atoms with van der Waals surface area (Å²) < 4.78 is 36.2. The fraction of sp³-hybridized carbons (Fsp3) is 0.235. The van der Waals surface area contributed by atoms with Gasteiger partial charge in [-0.05, 0) is 37.3 Å². The quantitative estimate of drug-likeness (QED) is 0.696. The number of nitrogens with one attached hydrogen (secondary N) is 2. The molecule has 0 aliphatic heterocycles. The Morgan fingerprint density at radius 3 is 2.36 bits per heavy atom. The van der Waals surface area contributed by atoms with Crippen molar-refractivity contribution in [3.63, 3.8) is 0 Å². The molecule has 25 heavy (non-hydrogen) atoms. The largest absolute Gasteiger partial charge is 0.324 e. The summed E-state index contributed by atoms with van der Waals surface area (Å²) in [5, 5.41) is 7.74. The summed E-state index contributed by atoms with van der Waals surface area (Å²) in [5.41, 5.74) is 1.00. The predicted octanol–water partition coefficient (Wildman–Crippen LogP) is 0.515. The van der Waals surface area contributed by atoms with Crippen LogP contribution in [0.4, 0.5) is 10.1 Å². The molecule has 0 heterocycles. The van der Waals surface area contributed by atoms with Gasteiger partial charge in [-0.2, -0.15) is 0 Å². The van der Waals surface area contributed by atoms with Crippen LogP contribution in [-0.2, 0) is 21.4 Å². The molecule has 0 aromatic heterocycles. The van der Waals surface area contributed by atoms with Gasteiger partial charge in [-0.15, -0.1) is 0 Å². The van der Waals surface area contributed by atoms with E-state index in [2.05, 4.69) is 5.32 Å². The van der Waals surface area contributed by atoms with Crippen molar-refractivity contribution in [2.45, 2.75) is 24.4 Å². The lowest BCUT2D eigenvalue weighted by Crippen LogP contribution is -3.12. The van der Waals surface area contributed by atoms with Gasteiger partial charge in [0.2, 0.25) is 10.0 Å². The summed E-state index contributed by atoms with van der Waals surface area (Å²) in [6, 6.07) is 11.6. The maximum Gasteiger partial charge on any atom is 0.282 e. The van der Waals surface area contributed by atoms with Crippen molar-refractivity contribution in [2.24, 2.45) is 5.14 Å². The van der Waals surface area contributed by atoms with E-state index in [1.165, 1.54) is 30.3 Å². The van der Waals surface area contributed by atoms with E-state index in [9.17, 15) is 17.6 Å². The third kappa shape index (κ3) is 5.09. The van der Waals surface area contributed by atoms with E-state index in [0.717, 1.165) is 4.90 Å². The van der Waals surface area contributed by atoms with Crippen LogP contribution in [0.25, 0.3) is 0 Å². The van der Waals surface area contributed by atoms with E-state index in [4.69, 9.17) is 5.14 Å². The number of sulfonamides is 1. The highest BCUT2D eigenvalue weighted by atomic mass is 32.2. The Morgan fingerprint density at radius 1 is 1.20 bits per heavy atom. The zero-order chi connectivity index (χ0) is 18.6. The number of anilines is 1. The van der Waals surface area contributed by atoms with Crippen molar-refractivity contribution in [2.75, 3.05) is 12.4 Å². The Bertz CT molecular complexity index is 854. The van der Waals surface area contributed by atoms with Gasteiger partial charge in [-0.3, -0.25) is 4.79 Å². The van der Waals surface area contributed by atoms with Gasteiger partial charge in [-0.25, -0.2) is 17.9 Å². The number of amides is 1. The number of rotatable bonds is 6. The molecule has 134 valence electrons. The first-order valence-electron chi connectivity index (χ1n) is 7.68. The van der Waals surface area contributed by atoms with Gasteiger partial charge < -0.3 is 10.2 Å². The third-order valence-corrected chi connectivity index (χ3v) is 4.94. The molecule has 1 amide bonds. The van der Waals surface area contributed by atoms with Crippen LogP contribution in [0.2, 0.25) is 0 Å². The molecule has 1 unspecified atom stereocenters. The second-order valence-electron chi connectivity index (χ2n) is 5.89. The average Bonchev–Trinajstić information content (AvgIpc) is 2.55. The lowest BCUT2D eigenvalue weighted by Gasteiger charge is -2.21. The minimum absolute atomic E-state index is 0.0270. The number of nitrogens with two attached hydrogens (primary N) is 1. The molecule has 0 bridgehead atoms. The van der Waals surface area contributed by atoms with Crippen LogP contribution in [0.15, 0.2) is 53.4 Å². The lowest BCUT2D eigenvalue weighted by atomic mass is 10.1. The van der Waals surface area contributed by atoms with Crippen LogP contribution in [0.5, 0.6) is 0 Å². The van der Waals surface area contributed by atoms with Crippen molar-refractivity contribution < 1.29 is 22.5 Å².